The minimum absolute atomic E-state index is 0.174. The van der Waals surface area contributed by atoms with Crippen LogP contribution in [0.4, 0.5) is 0 Å². The Kier molecular flexibility index (Phi) is 2.12. The Balaban J connectivity index is 2.60. The van der Waals surface area contributed by atoms with Crippen molar-refractivity contribution in [2.24, 2.45) is 0 Å². The fraction of sp³-hybridized carbons (Fsp3) is 0.143. The smallest absolute Gasteiger partial charge is 0.293 e. The van der Waals surface area contributed by atoms with E-state index in [2.05, 4.69) is 15.2 Å². The predicted octanol–water partition coefficient (Wildman–Crippen LogP) is -0.487. The molecule has 2 aromatic rings. The van der Waals surface area contributed by atoms with E-state index >= 15 is 0 Å². The van der Waals surface area contributed by atoms with Gasteiger partial charge in [-0.15, -0.1) is 11.3 Å². The largest absolute Gasteiger partial charge is 0.350 e. The maximum Gasteiger partial charge on any atom is 0.350 e. The van der Waals surface area contributed by atoms with Gasteiger partial charge >= 0.3 is 11.4 Å². The van der Waals surface area contributed by atoms with E-state index in [1.54, 1.807) is 0 Å². The van der Waals surface area contributed by atoms with Crippen LogP contribution in [0.5, 0.6) is 0 Å². The number of thiazole rings is 1. The zero-order valence-corrected chi connectivity index (χ0v) is 8.42. The summed E-state index contributed by atoms with van der Waals surface area (Å²) in [4.78, 5) is 37.2. The highest BCUT2D eigenvalue weighted by atomic mass is 32.1. The Bertz CT molecular complexity index is 589. The highest BCUT2D eigenvalue weighted by Crippen LogP contribution is 2.11. The number of Topliss-reactive ketones (excluding diaryl/α,β-unsaturated/α-hetero) is 1. The molecule has 2 N–H and O–H groups in total. The Morgan fingerprint density at radius 1 is 1.40 bits per heavy atom. The molecule has 2 rings (SSSR count). The first-order valence-corrected chi connectivity index (χ1v) is 4.84. The van der Waals surface area contributed by atoms with Gasteiger partial charge in [-0.2, -0.15) is 4.57 Å². The average Bonchev–Trinajstić information content (AvgIpc) is 2.73. The number of aromatic nitrogens is 4. The predicted molar refractivity (Wildman–Crippen MR) is 52.7 cm³/mol. The molecular formula is C7H6N4O3S. The van der Waals surface area contributed by atoms with Gasteiger partial charge in [0.15, 0.2) is 5.78 Å². The minimum Gasteiger partial charge on any atom is -0.293 e. The first kappa shape index (κ1) is 9.59. The molecule has 0 fully saturated rings. The Morgan fingerprint density at radius 3 is 2.47 bits per heavy atom. The van der Waals surface area contributed by atoms with Crippen molar-refractivity contribution in [2.45, 2.75) is 6.92 Å². The number of H-pyrrole nitrogens is 2. The van der Waals surface area contributed by atoms with Crippen molar-refractivity contribution < 1.29 is 4.79 Å². The molecule has 15 heavy (non-hydrogen) atoms. The number of hydrogen-bond acceptors (Lipinski definition) is 5. The molecule has 8 heteroatoms. The first-order valence-electron chi connectivity index (χ1n) is 3.96. The zero-order chi connectivity index (χ0) is 11.0. The molecule has 0 aliphatic carbocycles. The van der Waals surface area contributed by atoms with Gasteiger partial charge in [-0.25, -0.2) is 24.8 Å². The fourth-order valence-corrected chi connectivity index (χ4v) is 1.87. The molecule has 0 aliphatic rings. The number of aromatic amines is 2. The summed E-state index contributed by atoms with van der Waals surface area (Å²) in [7, 11) is 0. The van der Waals surface area contributed by atoms with E-state index < -0.39 is 11.4 Å². The maximum atomic E-state index is 11.2. The second-order valence-corrected chi connectivity index (χ2v) is 3.60. The van der Waals surface area contributed by atoms with E-state index in [9.17, 15) is 14.4 Å². The van der Waals surface area contributed by atoms with Crippen LogP contribution in [0.15, 0.2) is 15.0 Å². The monoisotopic (exact) mass is 226 g/mol. The van der Waals surface area contributed by atoms with Gasteiger partial charge in [0.05, 0.1) is 0 Å². The van der Waals surface area contributed by atoms with Crippen LogP contribution in [0.2, 0.25) is 0 Å². The molecule has 0 aromatic carbocycles. The third-order valence-electron chi connectivity index (χ3n) is 1.73. The van der Waals surface area contributed by atoms with E-state index in [4.69, 9.17) is 0 Å². The van der Waals surface area contributed by atoms with Crippen LogP contribution in [0.1, 0.15) is 17.4 Å². The van der Waals surface area contributed by atoms with Crippen molar-refractivity contribution in [2.75, 3.05) is 0 Å². The first-order chi connectivity index (χ1) is 7.09. The number of hydrogen-bond donors (Lipinski definition) is 2. The van der Waals surface area contributed by atoms with Gasteiger partial charge in [-0.1, -0.05) is 0 Å². The van der Waals surface area contributed by atoms with Crippen LogP contribution in [0, 0.1) is 0 Å². The Labute approximate surface area is 86.4 Å². The van der Waals surface area contributed by atoms with Gasteiger partial charge in [0.1, 0.15) is 5.69 Å². The number of nitrogens with zero attached hydrogens (tertiary/aromatic N) is 2. The zero-order valence-electron chi connectivity index (χ0n) is 7.60. The van der Waals surface area contributed by atoms with Crippen molar-refractivity contribution in [3.8, 4) is 5.13 Å². The van der Waals surface area contributed by atoms with Crippen LogP contribution in [0.3, 0.4) is 0 Å². The molecule has 0 spiro atoms. The van der Waals surface area contributed by atoms with Gasteiger partial charge in [-0.3, -0.25) is 4.79 Å². The molecule has 78 valence electrons. The van der Waals surface area contributed by atoms with Crippen molar-refractivity contribution in [1.82, 2.24) is 19.7 Å². The lowest BCUT2D eigenvalue weighted by Gasteiger charge is -1.89. The highest BCUT2D eigenvalue weighted by molar-refractivity contribution is 7.12. The third-order valence-corrected chi connectivity index (χ3v) is 2.55. The van der Waals surface area contributed by atoms with Crippen LogP contribution >= 0.6 is 11.3 Å². The molecule has 0 bridgehead atoms. The van der Waals surface area contributed by atoms with Gasteiger partial charge < -0.3 is 0 Å². The standard InChI is InChI=1S/C7H6N4O3S/c1-3(12)4-2-15-7(8-4)11-5(13)9-10-6(11)14/h2H,1H3,(H,9,13)(H,10,14). The van der Waals surface area contributed by atoms with Crippen LogP contribution in [-0.4, -0.2) is 25.5 Å². The van der Waals surface area contributed by atoms with Gasteiger partial charge in [0.25, 0.3) is 0 Å². The topological polar surface area (TPSA) is 101 Å². The minimum atomic E-state index is -0.607. The van der Waals surface area contributed by atoms with E-state index in [0.29, 0.717) is 0 Å². The second-order valence-electron chi connectivity index (χ2n) is 2.77. The summed E-state index contributed by atoms with van der Waals surface area (Å²) in [6.07, 6.45) is 0. The fourth-order valence-electron chi connectivity index (χ4n) is 1.01. The lowest BCUT2D eigenvalue weighted by Crippen LogP contribution is -2.24. The van der Waals surface area contributed by atoms with E-state index in [0.717, 1.165) is 15.9 Å². The van der Waals surface area contributed by atoms with Gasteiger partial charge in [0, 0.05) is 12.3 Å². The number of carbonyl (C=O) groups is 1. The highest BCUT2D eigenvalue weighted by Gasteiger charge is 2.12. The van der Waals surface area contributed by atoms with Gasteiger partial charge in [-0.05, 0) is 0 Å². The van der Waals surface area contributed by atoms with Crippen molar-refractivity contribution in [1.29, 1.82) is 0 Å². The number of nitrogens with one attached hydrogen (secondary N) is 2. The normalized spacial score (nSPS) is 10.5. The summed E-state index contributed by atoms with van der Waals surface area (Å²) in [5, 5.41) is 5.92. The summed E-state index contributed by atoms with van der Waals surface area (Å²) < 4.78 is 0.830. The molecule has 0 atom stereocenters. The molecule has 0 aliphatic heterocycles. The Hall–Kier alpha value is -1.96. The maximum absolute atomic E-state index is 11.2. The van der Waals surface area contributed by atoms with Gasteiger partial charge in [0.2, 0.25) is 5.13 Å². The molecule has 0 radical (unpaired) electrons. The number of carbonyl (C=O) groups excluding carboxylic acids is 1. The molecular weight excluding hydrogens is 220 g/mol. The van der Waals surface area contributed by atoms with Crippen molar-refractivity contribution in [3.05, 3.63) is 32.0 Å². The Morgan fingerprint density at radius 2 is 2.00 bits per heavy atom. The number of ketones is 1. The summed E-state index contributed by atoms with van der Waals surface area (Å²) in [6.45, 7) is 1.36. The average molecular weight is 226 g/mol. The van der Waals surface area contributed by atoms with Crippen molar-refractivity contribution >= 4 is 17.1 Å². The molecule has 0 saturated carbocycles. The van der Waals surface area contributed by atoms with Crippen LogP contribution in [0.25, 0.3) is 5.13 Å². The lowest BCUT2D eigenvalue weighted by atomic mass is 10.4. The summed E-state index contributed by atoms with van der Waals surface area (Å²) in [5.74, 6) is -0.211. The molecule has 0 unspecified atom stereocenters. The number of rotatable bonds is 2. The summed E-state index contributed by atoms with van der Waals surface area (Å²) >= 11 is 1.05. The van der Waals surface area contributed by atoms with E-state index in [-0.39, 0.29) is 16.6 Å². The van der Waals surface area contributed by atoms with Crippen LogP contribution in [-0.2, 0) is 0 Å². The molecule has 2 aromatic heterocycles. The molecule has 2 heterocycles. The molecule has 0 saturated heterocycles. The quantitative estimate of drug-likeness (QED) is 0.675. The summed E-state index contributed by atoms with van der Waals surface area (Å²) in [5.41, 5.74) is -0.976. The third kappa shape index (κ3) is 1.54. The van der Waals surface area contributed by atoms with Crippen LogP contribution < -0.4 is 11.4 Å². The molecule has 7 nitrogen and oxygen atoms in total. The lowest BCUT2D eigenvalue weighted by molar-refractivity contribution is 0.101. The SMILES string of the molecule is CC(=O)c1csc(-n2c(=O)[nH][nH]c2=O)n1. The second kappa shape index (κ2) is 3.31. The van der Waals surface area contributed by atoms with E-state index in [1.807, 2.05) is 0 Å². The summed E-state index contributed by atoms with van der Waals surface area (Å²) in [6, 6.07) is 0. The molecule has 0 amide bonds. The van der Waals surface area contributed by atoms with E-state index in [1.165, 1.54) is 12.3 Å². The van der Waals surface area contributed by atoms with Crippen molar-refractivity contribution in [3.63, 3.8) is 0 Å².